The van der Waals surface area contributed by atoms with Crippen molar-refractivity contribution in [3.8, 4) is 17.2 Å². The van der Waals surface area contributed by atoms with Crippen LogP contribution in [0.1, 0.15) is 27.6 Å². The molecule has 2 aliphatic heterocycles. The number of hydrogen-bond donors (Lipinski definition) is 1. The molecule has 8 nitrogen and oxygen atoms in total. The number of aromatic hydroxyl groups is 1. The number of ether oxygens (including phenoxy) is 2. The molecule has 0 aliphatic carbocycles. The van der Waals surface area contributed by atoms with Gasteiger partial charge < -0.3 is 19.5 Å². The van der Waals surface area contributed by atoms with E-state index in [1.807, 2.05) is 35.7 Å². The van der Waals surface area contributed by atoms with Crippen LogP contribution in [0.4, 0.5) is 0 Å². The molecule has 0 amide bonds. The van der Waals surface area contributed by atoms with E-state index in [0.29, 0.717) is 30.3 Å². The first-order valence-corrected chi connectivity index (χ1v) is 13.6. The zero-order valence-corrected chi connectivity index (χ0v) is 21.7. The van der Waals surface area contributed by atoms with Gasteiger partial charge in [0.1, 0.15) is 11.6 Å². The number of phenols is 1. The highest BCUT2D eigenvalue weighted by Gasteiger charge is 2.36. The van der Waals surface area contributed by atoms with Crippen molar-refractivity contribution in [1.29, 1.82) is 0 Å². The summed E-state index contributed by atoms with van der Waals surface area (Å²) < 4.78 is 39.8. The van der Waals surface area contributed by atoms with Crippen LogP contribution in [-0.2, 0) is 26.6 Å². The van der Waals surface area contributed by atoms with Gasteiger partial charge in [0.15, 0.2) is 11.5 Å². The number of amidine groups is 1. The van der Waals surface area contributed by atoms with Crippen molar-refractivity contribution in [3.05, 3.63) is 73.9 Å². The Kier molecular flexibility index (Phi) is 6.43. The molecule has 0 bridgehead atoms. The number of rotatable bonds is 6. The van der Waals surface area contributed by atoms with Gasteiger partial charge in [-0.05, 0) is 52.4 Å². The Morgan fingerprint density at radius 2 is 1.97 bits per heavy atom. The smallest absolute Gasteiger partial charge is 0.454 e. The summed E-state index contributed by atoms with van der Waals surface area (Å²) >= 11 is 5.26. The number of halogens is 1. The molecule has 0 saturated heterocycles. The van der Waals surface area contributed by atoms with E-state index in [9.17, 15) is 9.67 Å². The van der Waals surface area contributed by atoms with Gasteiger partial charge in [0, 0.05) is 36.5 Å². The summed E-state index contributed by atoms with van der Waals surface area (Å²) in [5, 5.41) is 12.3. The Morgan fingerprint density at radius 1 is 1.21 bits per heavy atom. The van der Waals surface area contributed by atoms with Crippen molar-refractivity contribution < 1.29 is 28.2 Å². The molecule has 1 unspecified atom stereocenters. The van der Waals surface area contributed by atoms with Crippen LogP contribution in [0.2, 0.25) is 0 Å². The van der Waals surface area contributed by atoms with E-state index < -0.39 is 7.75 Å². The van der Waals surface area contributed by atoms with Crippen LogP contribution in [0.3, 0.4) is 0 Å². The molecule has 3 aromatic rings. The van der Waals surface area contributed by atoms with Crippen molar-refractivity contribution in [2.45, 2.75) is 19.0 Å². The standard InChI is InChI=1S/C23H22BrN2O6PS/c1-29-33(28,30-2)25-22-9-14-5-6-16(27)10-17(14)23(21-4-3-7-34-21)26(22)12-15-8-19-20(11-18(15)24)32-13-31-19/h3-8,10-11,23,27H,9,12-13H2,1-2H3/b25-22-. The first kappa shape index (κ1) is 23.4. The van der Waals surface area contributed by atoms with Crippen LogP contribution in [0, 0.1) is 0 Å². The average Bonchev–Trinajstić information content (AvgIpc) is 3.52. The molecule has 178 valence electrons. The zero-order valence-electron chi connectivity index (χ0n) is 18.4. The van der Waals surface area contributed by atoms with E-state index in [2.05, 4.69) is 25.6 Å². The van der Waals surface area contributed by atoms with Gasteiger partial charge in [-0.15, -0.1) is 11.3 Å². The Morgan fingerprint density at radius 3 is 2.68 bits per heavy atom. The molecule has 3 heterocycles. The van der Waals surface area contributed by atoms with Gasteiger partial charge in [0.25, 0.3) is 0 Å². The summed E-state index contributed by atoms with van der Waals surface area (Å²) in [7, 11) is -1.06. The van der Waals surface area contributed by atoms with Crippen LogP contribution >= 0.6 is 35.0 Å². The Labute approximate surface area is 209 Å². The van der Waals surface area contributed by atoms with Crippen LogP contribution in [-0.4, -0.2) is 36.9 Å². The van der Waals surface area contributed by atoms with Crippen LogP contribution in [0.5, 0.6) is 17.2 Å². The first-order chi connectivity index (χ1) is 16.4. The van der Waals surface area contributed by atoms with E-state index in [0.717, 1.165) is 26.0 Å². The van der Waals surface area contributed by atoms with E-state index >= 15 is 0 Å². The van der Waals surface area contributed by atoms with Gasteiger partial charge in [0.2, 0.25) is 6.79 Å². The van der Waals surface area contributed by atoms with Crippen molar-refractivity contribution in [2.75, 3.05) is 21.0 Å². The van der Waals surface area contributed by atoms with Gasteiger partial charge in [-0.25, -0.2) is 4.57 Å². The maximum atomic E-state index is 13.1. The molecule has 1 atom stereocenters. The molecule has 5 rings (SSSR count). The van der Waals surface area contributed by atoms with Crippen LogP contribution in [0.15, 0.2) is 57.1 Å². The number of nitrogens with zero attached hydrogens (tertiary/aromatic N) is 2. The SMILES string of the molecule is COP(=O)(/N=C1/Cc2ccc(O)cc2C(c2cccs2)N1Cc1cc2c(cc1Br)OCO2)OC. The lowest BCUT2D eigenvalue weighted by molar-refractivity contribution is 0.174. The molecule has 0 fully saturated rings. The average molecular weight is 565 g/mol. The summed E-state index contributed by atoms with van der Waals surface area (Å²) in [4.78, 5) is 3.13. The monoisotopic (exact) mass is 564 g/mol. The highest BCUT2D eigenvalue weighted by molar-refractivity contribution is 9.10. The topological polar surface area (TPSA) is 89.8 Å². The largest absolute Gasteiger partial charge is 0.508 e. The third-order valence-electron chi connectivity index (χ3n) is 5.81. The molecular weight excluding hydrogens is 543 g/mol. The third kappa shape index (κ3) is 4.36. The fraction of sp³-hybridized carbons (Fsp3) is 0.261. The van der Waals surface area contributed by atoms with Crippen LogP contribution < -0.4 is 9.47 Å². The normalized spacial score (nSPS) is 18.4. The molecule has 1 aromatic heterocycles. The van der Waals surface area contributed by atoms with Crippen molar-refractivity contribution in [3.63, 3.8) is 0 Å². The lowest BCUT2D eigenvalue weighted by Crippen LogP contribution is -2.40. The van der Waals surface area contributed by atoms with Crippen molar-refractivity contribution in [1.82, 2.24) is 4.90 Å². The molecule has 34 heavy (non-hydrogen) atoms. The van der Waals surface area contributed by atoms with Crippen molar-refractivity contribution in [2.24, 2.45) is 4.76 Å². The summed E-state index contributed by atoms with van der Waals surface area (Å²) in [5.41, 5.74) is 2.88. The minimum absolute atomic E-state index is 0.178. The molecule has 0 spiro atoms. The number of phenolic OH excluding ortho intramolecular Hbond substituents is 1. The minimum Gasteiger partial charge on any atom is -0.508 e. The highest BCUT2D eigenvalue weighted by atomic mass is 79.9. The molecule has 2 aliphatic rings. The predicted octanol–water partition coefficient (Wildman–Crippen LogP) is 5.89. The second-order valence-electron chi connectivity index (χ2n) is 7.75. The number of thiophene rings is 1. The maximum Gasteiger partial charge on any atom is 0.454 e. The van der Waals surface area contributed by atoms with Crippen LogP contribution in [0.25, 0.3) is 0 Å². The van der Waals surface area contributed by atoms with Gasteiger partial charge in [-0.2, -0.15) is 4.76 Å². The molecule has 11 heteroatoms. The predicted molar refractivity (Wildman–Crippen MR) is 133 cm³/mol. The lowest BCUT2D eigenvalue weighted by Gasteiger charge is -2.40. The Bertz CT molecular complexity index is 1290. The summed E-state index contributed by atoms with van der Waals surface area (Å²) in [6.07, 6.45) is 0.399. The quantitative estimate of drug-likeness (QED) is 0.373. The van der Waals surface area contributed by atoms with Crippen molar-refractivity contribution >= 4 is 40.8 Å². The van der Waals surface area contributed by atoms with E-state index in [1.165, 1.54) is 14.2 Å². The summed E-state index contributed by atoms with van der Waals surface area (Å²) in [6.45, 7) is 0.595. The fourth-order valence-electron chi connectivity index (χ4n) is 4.18. The second kappa shape index (κ2) is 9.36. The molecule has 0 radical (unpaired) electrons. The van der Waals surface area contributed by atoms with Gasteiger partial charge >= 0.3 is 7.75 Å². The first-order valence-electron chi connectivity index (χ1n) is 10.4. The second-order valence-corrected chi connectivity index (χ2v) is 11.5. The van der Waals surface area contributed by atoms with Gasteiger partial charge in [-0.3, -0.25) is 9.05 Å². The lowest BCUT2D eigenvalue weighted by atomic mass is 9.90. The van der Waals surface area contributed by atoms with E-state index in [-0.39, 0.29) is 18.6 Å². The highest BCUT2D eigenvalue weighted by Crippen LogP contribution is 2.50. The summed E-state index contributed by atoms with van der Waals surface area (Å²) in [5.74, 6) is 2.09. The molecule has 1 N–H and O–H groups in total. The van der Waals surface area contributed by atoms with Gasteiger partial charge in [0.05, 0.1) is 6.04 Å². The fourth-order valence-corrected chi connectivity index (χ4v) is 6.26. The van der Waals surface area contributed by atoms with E-state index in [1.54, 1.807) is 23.5 Å². The molecule has 2 aromatic carbocycles. The number of fused-ring (bicyclic) bond motifs is 2. The maximum absolute atomic E-state index is 13.1. The minimum atomic E-state index is -3.70. The zero-order chi connectivity index (χ0) is 23.9. The Balaban J connectivity index is 1.68. The molecular formula is C23H22BrN2O6PS. The third-order valence-corrected chi connectivity index (χ3v) is 8.87. The van der Waals surface area contributed by atoms with Gasteiger partial charge in [-0.1, -0.05) is 28.1 Å². The summed E-state index contributed by atoms with van der Waals surface area (Å²) in [6, 6.07) is 12.9. The number of hydrogen-bond acceptors (Lipinski definition) is 7. The van der Waals surface area contributed by atoms with E-state index in [4.69, 9.17) is 18.5 Å². The Hall–Kier alpha value is -2.36. The molecule has 0 saturated carbocycles. The number of benzene rings is 2.